The van der Waals surface area contributed by atoms with Crippen molar-refractivity contribution in [2.45, 2.75) is 24.6 Å². The van der Waals surface area contributed by atoms with Crippen LogP contribution < -0.4 is 5.73 Å². The molecule has 1 saturated heterocycles. The minimum atomic E-state index is -1.10. The van der Waals surface area contributed by atoms with Gasteiger partial charge >= 0.3 is 5.97 Å². The number of carboxylic acids is 1. The average molecular weight is 246 g/mol. The molecule has 0 saturated carbocycles. The maximum absolute atomic E-state index is 11.6. The van der Waals surface area contributed by atoms with Gasteiger partial charge in [-0.2, -0.15) is 0 Å². The van der Waals surface area contributed by atoms with E-state index in [2.05, 4.69) is 0 Å². The average Bonchev–Trinajstić information content (AvgIpc) is 2.50. The molecule has 16 heavy (non-hydrogen) atoms. The third-order valence-electron chi connectivity index (χ3n) is 2.31. The number of carboxylic acid groups (broad SMARTS) is 1. The zero-order valence-corrected chi connectivity index (χ0v) is 9.70. The standard InChI is InChI=1S/C9H14N2O4S/c1-2-11-7(12)3-6(8(11)13)16-4-5(10)9(14)15/h5-6H,2-4,10H2,1H3,(H,14,15)/t5-,6?/m0/s1. The van der Waals surface area contributed by atoms with E-state index in [1.807, 2.05) is 0 Å². The summed E-state index contributed by atoms with van der Waals surface area (Å²) in [5, 5.41) is 8.10. The first kappa shape index (κ1) is 13.0. The molecule has 6 nitrogen and oxygen atoms in total. The number of amides is 2. The van der Waals surface area contributed by atoms with Crippen molar-refractivity contribution >= 4 is 29.5 Å². The highest BCUT2D eigenvalue weighted by Crippen LogP contribution is 2.25. The Morgan fingerprint density at radius 2 is 2.31 bits per heavy atom. The zero-order chi connectivity index (χ0) is 12.3. The monoisotopic (exact) mass is 246 g/mol. The first-order valence-corrected chi connectivity index (χ1v) is 5.96. The minimum absolute atomic E-state index is 0.135. The molecular formula is C9H14N2O4S. The second-order valence-electron chi connectivity index (χ2n) is 3.45. The largest absolute Gasteiger partial charge is 0.480 e. The van der Waals surface area contributed by atoms with E-state index in [1.54, 1.807) is 6.92 Å². The van der Waals surface area contributed by atoms with Crippen LogP contribution in [0.3, 0.4) is 0 Å². The topological polar surface area (TPSA) is 101 Å². The molecule has 1 fully saturated rings. The predicted molar refractivity (Wildman–Crippen MR) is 58.9 cm³/mol. The Hall–Kier alpha value is -1.08. The van der Waals surface area contributed by atoms with Gasteiger partial charge in [-0.15, -0.1) is 11.8 Å². The maximum Gasteiger partial charge on any atom is 0.321 e. The lowest BCUT2D eigenvalue weighted by atomic mass is 10.3. The van der Waals surface area contributed by atoms with Crippen LogP contribution in [0.15, 0.2) is 0 Å². The van der Waals surface area contributed by atoms with Crippen LogP contribution in [0.1, 0.15) is 13.3 Å². The van der Waals surface area contributed by atoms with Crippen LogP contribution in [-0.4, -0.2) is 51.4 Å². The summed E-state index contributed by atoms with van der Waals surface area (Å²) in [4.78, 5) is 34.6. The van der Waals surface area contributed by atoms with E-state index in [-0.39, 0.29) is 24.0 Å². The molecule has 1 rings (SSSR count). The minimum Gasteiger partial charge on any atom is -0.480 e. The van der Waals surface area contributed by atoms with Crippen molar-refractivity contribution in [2.24, 2.45) is 5.73 Å². The molecule has 90 valence electrons. The number of imide groups is 1. The van der Waals surface area contributed by atoms with Gasteiger partial charge in [0.1, 0.15) is 6.04 Å². The highest BCUT2D eigenvalue weighted by Gasteiger charge is 2.38. The van der Waals surface area contributed by atoms with Crippen LogP contribution in [-0.2, 0) is 14.4 Å². The van der Waals surface area contributed by atoms with Crippen LogP contribution in [0.5, 0.6) is 0 Å². The fourth-order valence-corrected chi connectivity index (χ4v) is 2.52. The van der Waals surface area contributed by atoms with E-state index in [0.29, 0.717) is 6.54 Å². The molecule has 1 heterocycles. The second kappa shape index (κ2) is 5.31. The summed E-state index contributed by atoms with van der Waals surface area (Å²) in [6, 6.07) is -0.997. The van der Waals surface area contributed by atoms with E-state index in [9.17, 15) is 14.4 Å². The number of thioether (sulfide) groups is 1. The van der Waals surface area contributed by atoms with Crippen molar-refractivity contribution in [1.82, 2.24) is 4.90 Å². The van der Waals surface area contributed by atoms with E-state index in [1.165, 1.54) is 4.90 Å². The smallest absolute Gasteiger partial charge is 0.321 e. The summed E-state index contributed by atoms with van der Waals surface area (Å²) in [7, 11) is 0. The lowest BCUT2D eigenvalue weighted by molar-refractivity contribution is -0.139. The third kappa shape index (κ3) is 2.73. The number of carbonyl (C=O) groups excluding carboxylic acids is 2. The van der Waals surface area contributed by atoms with Gasteiger partial charge in [0, 0.05) is 18.7 Å². The fourth-order valence-electron chi connectivity index (χ4n) is 1.41. The SMILES string of the molecule is CCN1C(=O)CC(SC[C@H](N)C(=O)O)C1=O. The van der Waals surface area contributed by atoms with E-state index >= 15 is 0 Å². The van der Waals surface area contributed by atoms with Crippen molar-refractivity contribution in [3.8, 4) is 0 Å². The molecule has 1 unspecified atom stereocenters. The van der Waals surface area contributed by atoms with Crippen LogP contribution in [0.25, 0.3) is 0 Å². The van der Waals surface area contributed by atoms with E-state index in [0.717, 1.165) is 11.8 Å². The molecule has 0 aromatic carbocycles. The Labute approximate surface area is 97.2 Å². The zero-order valence-electron chi connectivity index (χ0n) is 8.88. The molecule has 0 radical (unpaired) electrons. The number of rotatable bonds is 5. The van der Waals surface area contributed by atoms with Gasteiger partial charge in [-0.3, -0.25) is 19.3 Å². The number of nitrogens with zero attached hydrogens (tertiary/aromatic N) is 1. The van der Waals surface area contributed by atoms with Crippen molar-refractivity contribution in [3.63, 3.8) is 0 Å². The summed E-state index contributed by atoms with van der Waals surface area (Å²) in [5.74, 6) is -1.41. The van der Waals surface area contributed by atoms with Crippen LogP contribution in [0.4, 0.5) is 0 Å². The fraction of sp³-hybridized carbons (Fsp3) is 0.667. The number of carbonyl (C=O) groups is 3. The van der Waals surface area contributed by atoms with E-state index < -0.39 is 17.3 Å². The molecule has 1 aliphatic heterocycles. The van der Waals surface area contributed by atoms with Crippen molar-refractivity contribution in [1.29, 1.82) is 0 Å². The lowest BCUT2D eigenvalue weighted by Gasteiger charge is -2.12. The molecule has 0 aromatic heterocycles. The van der Waals surface area contributed by atoms with Crippen molar-refractivity contribution in [3.05, 3.63) is 0 Å². The molecule has 2 amide bonds. The molecule has 2 atom stereocenters. The van der Waals surface area contributed by atoms with E-state index in [4.69, 9.17) is 10.8 Å². The van der Waals surface area contributed by atoms with Gasteiger partial charge in [0.15, 0.2) is 0 Å². The predicted octanol–water partition coefficient (Wildman–Crippen LogP) is -0.721. The molecule has 0 aromatic rings. The number of hydrogen-bond donors (Lipinski definition) is 2. The number of likely N-dealkylation sites (tertiary alicyclic amines) is 1. The Kier molecular flexibility index (Phi) is 4.31. The molecule has 0 bridgehead atoms. The third-order valence-corrected chi connectivity index (χ3v) is 3.64. The Morgan fingerprint density at radius 3 is 2.75 bits per heavy atom. The lowest BCUT2D eigenvalue weighted by Crippen LogP contribution is -2.34. The summed E-state index contributed by atoms with van der Waals surface area (Å²) in [6.45, 7) is 2.09. The van der Waals surface area contributed by atoms with Gasteiger partial charge < -0.3 is 10.8 Å². The van der Waals surface area contributed by atoms with Crippen LogP contribution >= 0.6 is 11.8 Å². The van der Waals surface area contributed by atoms with Crippen LogP contribution in [0.2, 0.25) is 0 Å². The molecule has 0 spiro atoms. The van der Waals surface area contributed by atoms with Gasteiger partial charge in [0.05, 0.1) is 5.25 Å². The summed E-state index contributed by atoms with van der Waals surface area (Å²) >= 11 is 1.13. The molecule has 0 aliphatic carbocycles. The number of aliphatic carboxylic acids is 1. The summed E-state index contributed by atoms with van der Waals surface area (Å²) in [6.07, 6.45) is 0.143. The van der Waals surface area contributed by atoms with Gasteiger partial charge in [-0.1, -0.05) is 0 Å². The molecule has 7 heteroatoms. The summed E-state index contributed by atoms with van der Waals surface area (Å²) in [5.41, 5.74) is 5.31. The molecular weight excluding hydrogens is 232 g/mol. The Balaban J connectivity index is 2.48. The Bertz CT molecular complexity index is 321. The maximum atomic E-state index is 11.6. The molecule has 1 aliphatic rings. The Morgan fingerprint density at radius 1 is 1.69 bits per heavy atom. The van der Waals surface area contributed by atoms with Gasteiger partial charge in [-0.25, -0.2) is 0 Å². The quantitative estimate of drug-likeness (QED) is 0.621. The van der Waals surface area contributed by atoms with Crippen molar-refractivity contribution in [2.75, 3.05) is 12.3 Å². The normalized spacial score (nSPS) is 22.6. The first-order valence-electron chi connectivity index (χ1n) is 4.91. The highest BCUT2D eigenvalue weighted by molar-refractivity contribution is 8.00. The second-order valence-corrected chi connectivity index (χ2v) is 4.68. The highest BCUT2D eigenvalue weighted by atomic mass is 32.2. The van der Waals surface area contributed by atoms with Crippen LogP contribution in [0, 0.1) is 0 Å². The first-order chi connectivity index (χ1) is 7.47. The number of nitrogens with two attached hydrogens (primary N) is 1. The van der Waals surface area contributed by atoms with Gasteiger partial charge in [0.2, 0.25) is 11.8 Å². The number of hydrogen-bond acceptors (Lipinski definition) is 5. The molecule has 3 N–H and O–H groups in total. The van der Waals surface area contributed by atoms with Gasteiger partial charge in [-0.05, 0) is 6.92 Å². The summed E-state index contributed by atoms with van der Waals surface area (Å²) < 4.78 is 0. The van der Waals surface area contributed by atoms with Gasteiger partial charge in [0.25, 0.3) is 0 Å². The van der Waals surface area contributed by atoms with Crippen molar-refractivity contribution < 1.29 is 19.5 Å².